The smallest absolute Gasteiger partial charge is 0.211 e. The molecule has 1 aromatic heterocycles. The predicted octanol–water partition coefficient (Wildman–Crippen LogP) is 5.03. The van der Waals surface area contributed by atoms with Crippen LogP contribution in [0.5, 0.6) is 0 Å². The van der Waals surface area contributed by atoms with Crippen LogP contribution in [-0.2, 0) is 16.5 Å². The molecule has 0 aliphatic heterocycles. The van der Waals surface area contributed by atoms with Crippen LogP contribution in [0.4, 0.5) is 13.2 Å². The minimum atomic E-state index is -4.32. The first-order valence-corrected chi connectivity index (χ1v) is 7.47. The van der Waals surface area contributed by atoms with Gasteiger partial charge in [-0.25, -0.2) is 4.79 Å². The fourth-order valence-corrected chi connectivity index (χ4v) is 3.90. The zero-order valence-corrected chi connectivity index (χ0v) is 11.9. The van der Waals surface area contributed by atoms with Gasteiger partial charge in [0, 0.05) is 4.70 Å². The van der Waals surface area contributed by atoms with Crippen molar-refractivity contribution in [3.8, 4) is 0 Å². The summed E-state index contributed by atoms with van der Waals surface area (Å²) in [5.74, 6) is 0. The molecule has 6 heteroatoms. The summed E-state index contributed by atoms with van der Waals surface area (Å²) in [4.78, 5) is 14.1. The molecule has 2 nitrogen and oxygen atoms in total. The Hall–Kier alpha value is -1.65. The standard InChI is InChI=1S/C15H12F3NOS/c16-15(17,18)13-8-10-7-11(3-4-12(10)21-13)14(19-9-20)5-1-2-6-14/h3-4,7-8H,1-2,5-6H2. The lowest BCUT2D eigenvalue weighted by Crippen LogP contribution is -2.18. The average molecular weight is 311 g/mol. The number of thiophene rings is 1. The van der Waals surface area contributed by atoms with Crippen LogP contribution in [0.1, 0.15) is 36.1 Å². The SMILES string of the molecule is O=C=NC1(c2ccc3sc(C(F)(F)F)cc3c2)CCCC1. The predicted molar refractivity (Wildman–Crippen MR) is 75.1 cm³/mol. The van der Waals surface area contributed by atoms with E-state index in [1.54, 1.807) is 24.3 Å². The molecule has 1 fully saturated rings. The van der Waals surface area contributed by atoms with Gasteiger partial charge in [-0.05, 0) is 42.0 Å². The number of benzene rings is 1. The van der Waals surface area contributed by atoms with E-state index in [2.05, 4.69) is 4.99 Å². The average Bonchev–Trinajstić information content (AvgIpc) is 3.04. The van der Waals surface area contributed by atoms with Gasteiger partial charge in [0.25, 0.3) is 0 Å². The number of hydrogen-bond acceptors (Lipinski definition) is 3. The minimum Gasteiger partial charge on any atom is -0.211 e. The lowest BCUT2D eigenvalue weighted by atomic mass is 9.88. The van der Waals surface area contributed by atoms with Gasteiger partial charge in [0.05, 0.1) is 5.54 Å². The largest absolute Gasteiger partial charge is 0.425 e. The Balaban J connectivity index is 2.10. The lowest BCUT2D eigenvalue weighted by molar-refractivity contribution is -0.134. The van der Waals surface area contributed by atoms with Gasteiger partial charge < -0.3 is 0 Å². The van der Waals surface area contributed by atoms with Crippen LogP contribution in [0.2, 0.25) is 0 Å². The number of nitrogens with zero attached hydrogens (tertiary/aromatic N) is 1. The molecule has 0 unspecified atom stereocenters. The van der Waals surface area contributed by atoms with Gasteiger partial charge in [-0.2, -0.15) is 18.2 Å². The fourth-order valence-electron chi connectivity index (χ4n) is 2.98. The maximum absolute atomic E-state index is 12.8. The molecule has 21 heavy (non-hydrogen) atoms. The summed E-state index contributed by atoms with van der Waals surface area (Å²) in [6, 6.07) is 6.36. The summed E-state index contributed by atoms with van der Waals surface area (Å²) < 4.78 is 38.9. The monoisotopic (exact) mass is 311 g/mol. The quantitative estimate of drug-likeness (QED) is 0.565. The Bertz CT molecular complexity index is 722. The molecule has 2 aromatic rings. The third kappa shape index (κ3) is 2.49. The highest BCUT2D eigenvalue weighted by molar-refractivity contribution is 7.19. The summed E-state index contributed by atoms with van der Waals surface area (Å²) in [6.07, 6.45) is 0.699. The van der Waals surface area contributed by atoms with E-state index in [1.807, 2.05) is 0 Å². The van der Waals surface area contributed by atoms with Crippen molar-refractivity contribution in [2.24, 2.45) is 4.99 Å². The van der Waals surface area contributed by atoms with E-state index in [1.165, 1.54) is 0 Å². The molecule has 3 rings (SSSR count). The molecule has 0 atom stereocenters. The molecule has 1 heterocycles. The van der Waals surface area contributed by atoms with Crippen molar-refractivity contribution in [2.75, 3.05) is 0 Å². The summed E-state index contributed by atoms with van der Waals surface area (Å²) in [5.41, 5.74) is 0.207. The van der Waals surface area contributed by atoms with Crippen LogP contribution in [0, 0.1) is 0 Å². The highest BCUT2D eigenvalue weighted by atomic mass is 32.1. The number of halogens is 3. The van der Waals surface area contributed by atoms with Crippen LogP contribution >= 0.6 is 11.3 Å². The van der Waals surface area contributed by atoms with E-state index in [4.69, 9.17) is 0 Å². The van der Waals surface area contributed by atoms with Gasteiger partial charge in [0.2, 0.25) is 6.08 Å². The fraction of sp³-hybridized carbons (Fsp3) is 0.400. The van der Waals surface area contributed by atoms with E-state index in [-0.39, 0.29) is 0 Å². The molecular weight excluding hydrogens is 299 g/mol. The zero-order valence-electron chi connectivity index (χ0n) is 11.0. The van der Waals surface area contributed by atoms with E-state index in [0.29, 0.717) is 10.1 Å². The van der Waals surface area contributed by atoms with Crippen molar-refractivity contribution in [3.63, 3.8) is 0 Å². The van der Waals surface area contributed by atoms with Crippen molar-refractivity contribution in [1.82, 2.24) is 0 Å². The molecule has 0 radical (unpaired) electrons. The topological polar surface area (TPSA) is 29.4 Å². The van der Waals surface area contributed by atoms with Gasteiger partial charge in [0.1, 0.15) is 4.88 Å². The number of carbonyl (C=O) groups excluding carboxylic acids is 1. The molecule has 1 aliphatic rings. The normalized spacial score (nSPS) is 17.9. The van der Waals surface area contributed by atoms with Gasteiger partial charge >= 0.3 is 6.18 Å². The van der Waals surface area contributed by atoms with Crippen LogP contribution < -0.4 is 0 Å². The van der Waals surface area contributed by atoms with E-state index < -0.39 is 16.6 Å². The molecule has 0 bridgehead atoms. The Kier molecular flexibility index (Phi) is 3.38. The molecule has 110 valence electrons. The van der Waals surface area contributed by atoms with Crippen LogP contribution in [0.3, 0.4) is 0 Å². The summed E-state index contributed by atoms with van der Waals surface area (Å²) in [7, 11) is 0. The highest BCUT2D eigenvalue weighted by Crippen LogP contribution is 2.44. The Labute approximate surface area is 123 Å². The third-order valence-corrected chi connectivity index (χ3v) is 5.18. The van der Waals surface area contributed by atoms with Crippen molar-refractivity contribution >= 4 is 27.5 Å². The second-order valence-corrected chi connectivity index (χ2v) is 6.39. The zero-order chi connectivity index (χ0) is 15.1. The number of rotatable bonds is 2. The van der Waals surface area contributed by atoms with Crippen molar-refractivity contribution in [3.05, 3.63) is 34.7 Å². The Morgan fingerprint density at radius 2 is 1.90 bits per heavy atom. The lowest BCUT2D eigenvalue weighted by Gasteiger charge is -2.22. The number of isocyanates is 1. The second kappa shape index (κ2) is 4.97. The third-order valence-electron chi connectivity index (χ3n) is 4.02. The van der Waals surface area contributed by atoms with E-state index in [9.17, 15) is 18.0 Å². The van der Waals surface area contributed by atoms with E-state index in [0.717, 1.165) is 48.6 Å². The van der Waals surface area contributed by atoms with Crippen LogP contribution in [0.15, 0.2) is 29.3 Å². The maximum Gasteiger partial charge on any atom is 0.425 e. The maximum atomic E-state index is 12.8. The first-order valence-electron chi connectivity index (χ1n) is 6.65. The molecule has 0 saturated heterocycles. The number of fused-ring (bicyclic) bond motifs is 1. The molecule has 0 amide bonds. The molecular formula is C15H12F3NOS. The van der Waals surface area contributed by atoms with E-state index >= 15 is 0 Å². The first-order chi connectivity index (χ1) is 9.94. The van der Waals surface area contributed by atoms with Crippen LogP contribution in [-0.4, -0.2) is 6.08 Å². The van der Waals surface area contributed by atoms with Crippen molar-refractivity contribution in [1.29, 1.82) is 0 Å². The molecule has 1 aliphatic carbocycles. The van der Waals surface area contributed by atoms with Crippen LogP contribution in [0.25, 0.3) is 10.1 Å². The molecule has 0 spiro atoms. The summed E-state index contributed by atoms with van der Waals surface area (Å²) >= 11 is 0.735. The Morgan fingerprint density at radius 1 is 1.19 bits per heavy atom. The van der Waals surface area contributed by atoms with Crippen molar-refractivity contribution < 1.29 is 18.0 Å². The van der Waals surface area contributed by atoms with Gasteiger partial charge in [-0.1, -0.05) is 18.9 Å². The number of hydrogen-bond donors (Lipinski definition) is 0. The minimum absolute atomic E-state index is 0.553. The molecule has 1 aromatic carbocycles. The number of aliphatic imine (C=N–C) groups is 1. The first kappa shape index (κ1) is 14.3. The highest BCUT2D eigenvalue weighted by Gasteiger charge is 2.36. The number of alkyl halides is 3. The summed E-state index contributed by atoms with van der Waals surface area (Å²) in [5, 5.41) is 0.553. The Morgan fingerprint density at radius 3 is 2.52 bits per heavy atom. The van der Waals surface area contributed by atoms with Gasteiger partial charge in [0.15, 0.2) is 0 Å². The van der Waals surface area contributed by atoms with Crippen molar-refractivity contribution in [2.45, 2.75) is 37.4 Å². The van der Waals surface area contributed by atoms with Gasteiger partial charge in [-0.3, -0.25) is 0 Å². The summed E-state index contributed by atoms with van der Waals surface area (Å²) in [6.45, 7) is 0. The second-order valence-electron chi connectivity index (χ2n) is 5.30. The van der Waals surface area contributed by atoms with Gasteiger partial charge in [-0.15, -0.1) is 11.3 Å². The molecule has 0 N–H and O–H groups in total. The molecule has 1 saturated carbocycles.